The van der Waals surface area contributed by atoms with Crippen LogP contribution >= 0.6 is 37.9 Å². The topological polar surface area (TPSA) is 0 Å². The van der Waals surface area contributed by atoms with Gasteiger partial charge in [0.1, 0.15) is 0 Å². The first-order chi connectivity index (χ1) is 7.53. The average Bonchev–Trinajstić information content (AvgIpc) is 2.28. The molecule has 0 bridgehead atoms. The second-order valence-electron chi connectivity index (χ2n) is 4.05. The van der Waals surface area contributed by atoms with E-state index in [2.05, 4.69) is 55.6 Å². The summed E-state index contributed by atoms with van der Waals surface area (Å²) in [6.07, 6.45) is 0. The molecule has 2 aromatic rings. The van der Waals surface area contributed by atoms with E-state index < -0.39 is 0 Å². The molecular formula is C13H14S3. The molecule has 0 aliphatic carbocycles. The summed E-state index contributed by atoms with van der Waals surface area (Å²) in [5.41, 5.74) is 1.17. The molecule has 3 heteroatoms. The van der Waals surface area contributed by atoms with Gasteiger partial charge in [-0.3, -0.25) is 0 Å². The highest BCUT2D eigenvalue weighted by Gasteiger charge is 2.28. The standard InChI is InChI=1S/C13H14S3/c1-13(16,12(14)15)11-8-4-6-9-5-2-3-7-10(9)11/h2-8,12,14-16H,1H3. The van der Waals surface area contributed by atoms with E-state index in [4.69, 9.17) is 12.6 Å². The molecule has 2 aromatic carbocycles. The Morgan fingerprint density at radius 1 is 1.00 bits per heavy atom. The van der Waals surface area contributed by atoms with Crippen molar-refractivity contribution in [2.75, 3.05) is 0 Å². The molecule has 1 atom stereocenters. The number of hydrogen-bond donors (Lipinski definition) is 3. The highest BCUT2D eigenvalue weighted by Crippen LogP contribution is 2.39. The van der Waals surface area contributed by atoms with Gasteiger partial charge in [-0.2, -0.15) is 37.9 Å². The Hall–Kier alpha value is -0.250. The van der Waals surface area contributed by atoms with Crippen molar-refractivity contribution in [3.05, 3.63) is 48.0 Å². The first-order valence-corrected chi connectivity index (χ1v) is 6.58. The molecule has 0 radical (unpaired) electrons. The van der Waals surface area contributed by atoms with Crippen LogP contribution in [0.2, 0.25) is 0 Å². The van der Waals surface area contributed by atoms with Gasteiger partial charge < -0.3 is 0 Å². The average molecular weight is 266 g/mol. The van der Waals surface area contributed by atoms with Crippen LogP contribution in [0.3, 0.4) is 0 Å². The van der Waals surface area contributed by atoms with Crippen LogP contribution in [0.1, 0.15) is 12.5 Å². The molecule has 84 valence electrons. The van der Waals surface area contributed by atoms with Crippen molar-refractivity contribution in [3.63, 3.8) is 0 Å². The maximum atomic E-state index is 4.69. The highest BCUT2D eigenvalue weighted by atomic mass is 32.2. The van der Waals surface area contributed by atoms with Crippen LogP contribution in [-0.4, -0.2) is 4.58 Å². The Balaban J connectivity index is 2.70. The smallest absolute Gasteiger partial charge is 0.0624 e. The van der Waals surface area contributed by atoms with Crippen LogP contribution in [0.25, 0.3) is 10.8 Å². The minimum absolute atomic E-state index is 0.110. The molecule has 0 saturated carbocycles. The molecule has 0 aliphatic heterocycles. The molecule has 1 unspecified atom stereocenters. The lowest BCUT2D eigenvalue weighted by molar-refractivity contribution is 0.788. The summed E-state index contributed by atoms with van der Waals surface area (Å²) in [5.74, 6) is 0. The molecular weight excluding hydrogens is 252 g/mol. The van der Waals surface area contributed by atoms with E-state index in [1.807, 2.05) is 19.1 Å². The minimum Gasteiger partial charge on any atom is -0.166 e. The van der Waals surface area contributed by atoms with Crippen LogP contribution in [0, 0.1) is 0 Å². The third-order valence-electron chi connectivity index (χ3n) is 2.84. The van der Waals surface area contributed by atoms with Crippen molar-refractivity contribution in [2.24, 2.45) is 0 Å². The second kappa shape index (κ2) is 4.55. The molecule has 0 saturated heterocycles. The van der Waals surface area contributed by atoms with Crippen molar-refractivity contribution in [1.29, 1.82) is 0 Å². The van der Waals surface area contributed by atoms with Gasteiger partial charge in [0.15, 0.2) is 0 Å². The SMILES string of the molecule is CC(S)(c1cccc2ccccc12)C(S)S. The van der Waals surface area contributed by atoms with Crippen molar-refractivity contribution >= 4 is 48.7 Å². The van der Waals surface area contributed by atoms with E-state index >= 15 is 0 Å². The quantitative estimate of drug-likeness (QED) is 0.527. The maximum Gasteiger partial charge on any atom is 0.0624 e. The molecule has 0 spiro atoms. The van der Waals surface area contributed by atoms with Crippen molar-refractivity contribution in [2.45, 2.75) is 16.3 Å². The van der Waals surface area contributed by atoms with Crippen LogP contribution in [0.15, 0.2) is 42.5 Å². The fraction of sp³-hybridized carbons (Fsp3) is 0.231. The number of fused-ring (bicyclic) bond motifs is 1. The zero-order chi connectivity index (χ0) is 11.8. The van der Waals surface area contributed by atoms with E-state index in [1.54, 1.807) is 0 Å². The van der Waals surface area contributed by atoms with E-state index in [-0.39, 0.29) is 9.33 Å². The molecule has 0 amide bonds. The van der Waals surface area contributed by atoms with Gasteiger partial charge in [0.05, 0.1) is 9.33 Å². The van der Waals surface area contributed by atoms with Crippen molar-refractivity contribution in [3.8, 4) is 0 Å². The first kappa shape index (κ1) is 12.2. The van der Waals surface area contributed by atoms with Crippen LogP contribution in [-0.2, 0) is 4.75 Å². The Morgan fingerprint density at radius 3 is 2.31 bits per heavy atom. The zero-order valence-electron chi connectivity index (χ0n) is 8.96. The molecule has 0 fully saturated rings. The van der Waals surface area contributed by atoms with Crippen molar-refractivity contribution < 1.29 is 0 Å². The van der Waals surface area contributed by atoms with Gasteiger partial charge in [0.25, 0.3) is 0 Å². The Kier molecular flexibility index (Phi) is 3.48. The van der Waals surface area contributed by atoms with Crippen LogP contribution in [0.5, 0.6) is 0 Å². The minimum atomic E-state index is -0.354. The summed E-state index contributed by atoms with van der Waals surface area (Å²) in [6, 6.07) is 14.6. The summed E-state index contributed by atoms with van der Waals surface area (Å²) in [7, 11) is 0. The number of thiol groups is 3. The zero-order valence-corrected chi connectivity index (χ0v) is 11.6. The third kappa shape index (κ3) is 2.08. The Bertz CT molecular complexity index is 498. The maximum absolute atomic E-state index is 4.69. The Morgan fingerprint density at radius 2 is 1.62 bits per heavy atom. The number of benzene rings is 2. The van der Waals surface area contributed by atoms with E-state index in [1.165, 1.54) is 16.3 Å². The van der Waals surface area contributed by atoms with Gasteiger partial charge in [0.2, 0.25) is 0 Å². The summed E-state index contributed by atoms with van der Waals surface area (Å²) in [5, 5.41) is 2.44. The lowest BCUT2D eigenvalue weighted by atomic mass is 9.95. The second-order valence-corrected chi connectivity index (χ2v) is 6.42. The summed E-state index contributed by atoms with van der Waals surface area (Å²) >= 11 is 13.5. The normalized spacial score (nSPS) is 15.3. The fourth-order valence-corrected chi connectivity index (χ4v) is 2.28. The molecule has 0 aliphatic rings. The Labute approximate surface area is 113 Å². The predicted octanol–water partition coefficient (Wildman–Crippen LogP) is 4.17. The molecule has 16 heavy (non-hydrogen) atoms. The van der Waals surface area contributed by atoms with Gasteiger partial charge in [-0.15, -0.1) is 0 Å². The van der Waals surface area contributed by atoms with E-state index in [0.717, 1.165) is 0 Å². The van der Waals surface area contributed by atoms with Crippen LogP contribution in [0.4, 0.5) is 0 Å². The molecule has 0 nitrogen and oxygen atoms in total. The molecule has 2 rings (SSSR count). The number of rotatable bonds is 2. The third-order valence-corrected chi connectivity index (χ3v) is 4.78. The molecule has 0 N–H and O–H groups in total. The summed E-state index contributed by atoms with van der Waals surface area (Å²) in [4.78, 5) is 0. The lowest BCUT2D eigenvalue weighted by Gasteiger charge is -2.28. The monoisotopic (exact) mass is 266 g/mol. The van der Waals surface area contributed by atoms with E-state index in [0.29, 0.717) is 0 Å². The fourth-order valence-electron chi connectivity index (χ4n) is 1.81. The van der Waals surface area contributed by atoms with Crippen molar-refractivity contribution in [1.82, 2.24) is 0 Å². The largest absolute Gasteiger partial charge is 0.166 e. The predicted molar refractivity (Wildman–Crippen MR) is 82.0 cm³/mol. The molecule has 0 heterocycles. The summed E-state index contributed by atoms with van der Waals surface area (Å²) in [6.45, 7) is 2.04. The van der Waals surface area contributed by atoms with Gasteiger partial charge in [-0.05, 0) is 23.3 Å². The van der Waals surface area contributed by atoms with Gasteiger partial charge in [-0.25, -0.2) is 0 Å². The van der Waals surface area contributed by atoms with Crippen LogP contribution < -0.4 is 0 Å². The molecule has 0 aromatic heterocycles. The highest BCUT2D eigenvalue weighted by molar-refractivity contribution is 8.00. The number of hydrogen-bond acceptors (Lipinski definition) is 3. The van der Waals surface area contributed by atoms with Gasteiger partial charge in [-0.1, -0.05) is 42.5 Å². The first-order valence-electron chi connectivity index (χ1n) is 5.10. The van der Waals surface area contributed by atoms with Gasteiger partial charge in [0, 0.05) is 0 Å². The lowest BCUT2D eigenvalue weighted by Crippen LogP contribution is -2.22. The van der Waals surface area contributed by atoms with E-state index in [9.17, 15) is 0 Å². The summed E-state index contributed by atoms with van der Waals surface area (Å²) < 4.78 is -0.464. The van der Waals surface area contributed by atoms with Gasteiger partial charge >= 0.3 is 0 Å².